The zero-order valence-corrected chi connectivity index (χ0v) is 32.4. The number of nitrogens with zero attached hydrogens (tertiary/aromatic N) is 7. The highest BCUT2D eigenvalue weighted by Crippen LogP contribution is 2.39. The Hall–Kier alpha value is -7.90. The number of rotatable bonds is 4. The fraction of sp³-hybridized carbons (Fsp3) is 0.0385. The lowest BCUT2D eigenvalue weighted by molar-refractivity contribution is 1.10. The van der Waals surface area contributed by atoms with Gasteiger partial charge in [-0.25, -0.2) is 9.97 Å². The van der Waals surface area contributed by atoms with E-state index in [-0.39, 0.29) is 0 Å². The molecule has 0 aliphatic heterocycles. The predicted molar refractivity (Wildman–Crippen MR) is 242 cm³/mol. The van der Waals surface area contributed by atoms with Gasteiger partial charge in [0.1, 0.15) is 5.52 Å². The van der Waals surface area contributed by atoms with Gasteiger partial charge in [-0.15, -0.1) is 0 Å². The van der Waals surface area contributed by atoms with Gasteiger partial charge in [0, 0.05) is 27.8 Å². The maximum Gasteiger partial charge on any atom is 0.220 e. The summed E-state index contributed by atoms with van der Waals surface area (Å²) in [5.74, 6) is 1.80. The molecule has 13 aromatic rings. The smallest absolute Gasteiger partial charge is 0.220 e. The molecular weight excluding hydrogens is 723 g/mol. The summed E-state index contributed by atoms with van der Waals surface area (Å²) in [6.07, 6.45) is 0. The second-order valence-electron chi connectivity index (χ2n) is 15.7. The summed E-state index contributed by atoms with van der Waals surface area (Å²) >= 11 is 0. The highest BCUT2D eigenvalue weighted by molar-refractivity contribution is 6.18. The first-order valence-corrected chi connectivity index (χ1v) is 20.1. The zero-order valence-electron chi connectivity index (χ0n) is 32.4. The molecule has 0 N–H and O–H groups in total. The van der Waals surface area contributed by atoms with E-state index < -0.39 is 0 Å². The molecule has 0 saturated carbocycles. The largest absolute Gasteiger partial charge is 0.307 e. The van der Waals surface area contributed by atoms with Crippen LogP contribution < -0.4 is 0 Å². The molecule has 0 aliphatic carbocycles. The Bertz CT molecular complexity index is 3870. The molecule has 278 valence electrons. The Morgan fingerprint density at radius 1 is 0.390 bits per heavy atom. The zero-order chi connectivity index (χ0) is 38.9. The maximum atomic E-state index is 5.55. The molecule has 7 heteroatoms. The lowest BCUT2D eigenvalue weighted by Gasteiger charge is -2.11. The lowest BCUT2D eigenvalue weighted by Crippen LogP contribution is -1.97. The average Bonchev–Trinajstić information content (AvgIpc) is 4.06. The van der Waals surface area contributed by atoms with Crippen molar-refractivity contribution in [2.24, 2.45) is 0 Å². The van der Waals surface area contributed by atoms with Gasteiger partial charge in [-0.1, -0.05) is 84.9 Å². The Balaban J connectivity index is 1.00. The Kier molecular flexibility index (Phi) is 6.45. The molecule has 13 rings (SSSR count). The van der Waals surface area contributed by atoms with Gasteiger partial charge in [0.15, 0.2) is 0 Å². The van der Waals surface area contributed by atoms with Gasteiger partial charge in [0.05, 0.1) is 49.7 Å². The number of aromatic nitrogens is 7. The van der Waals surface area contributed by atoms with E-state index in [1.807, 2.05) is 0 Å². The van der Waals surface area contributed by atoms with Crippen LogP contribution in [0.4, 0.5) is 0 Å². The van der Waals surface area contributed by atoms with Gasteiger partial charge < -0.3 is 4.57 Å². The molecule has 0 amide bonds. The van der Waals surface area contributed by atoms with E-state index >= 15 is 0 Å². The SMILES string of the molecule is Cc1cccc(-n2c3ccccc3n3c4cc(-c5ccc(-n6c7ccccc7n7c8ccc9c%10ccccc%10n(-c%10ccccc%10)c9c8nc67)cc5C)ccc4nc23)c1. The molecule has 7 nitrogen and oxygen atoms in total. The first kappa shape index (κ1) is 32.2. The third-order valence-corrected chi connectivity index (χ3v) is 12.3. The van der Waals surface area contributed by atoms with E-state index in [0.29, 0.717) is 0 Å². The minimum Gasteiger partial charge on any atom is -0.307 e. The number of aryl methyl sites for hydroxylation is 2. The summed E-state index contributed by atoms with van der Waals surface area (Å²) < 4.78 is 11.6. The third kappa shape index (κ3) is 4.41. The normalized spacial score (nSPS) is 12.2. The molecule has 0 spiro atoms. The van der Waals surface area contributed by atoms with Crippen molar-refractivity contribution < 1.29 is 0 Å². The first-order chi connectivity index (χ1) is 29.1. The third-order valence-electron chi connectivity index (χ3n) is 12.3. The predicted octanol–water partition coefficient (Wildman–Crippen LogP) is 12.6. The van der Waals surface area contributed by atoms with E-state index in [1.165, 1.54) is 33.0 Å². The Morgan fingerprint density at radius 2 is 1.03 bits per heavy atom. The summed E-state index contributed by atoms with van der Waals surface area (Å²) in [5.41, 5.74) is 18.9. The summed E-state index contributed by atoms with van der Waals surface area (Å²) in [6.45, 7) is 4.35. The van der Waals surface area contributed by atoms with Crippen molar-refractivity contribution in [2.75, 3.05) is 0 Å². The number of hydrogen-bond acceptors (Lipinski definition) is 2. The molecule has 0 radical (unpaired) electrons. The number of imidazole rings is 4. The van der Waals surface area contributed by atoms with Crippen LogP contribution in [0.25, 0.3) is 106 Å². The molecule has 0 bridgehead atoms. The highest BCUT2D eigenvalue weighted by atomic mass is 15.2. The van der Waals surface area contributed by atoms with E-state index in [2.05, 4.69) is 212 Å². The molecule has 0 aliphatic rings. The van der Waals surface area contributed by atoms with Crippen molar-refractivity contribution in [1.82, 2.24) is 32.5 Å². The number of fused-ring (bicyclic) bond motifs is 14. The Morgan fingerprint density at radius 3 is 1.78 bits per heavy atom. The number of hydrogen-bond donors (Lipinski definition) is 0. The van der Waals surface area contributed by atoms with E-state index in [0.717, 1.165) is 83.8 Å². The summed E-state index contributed by atoms with van der Waals surface area (Å²) in [5, 5.41) is 2.41. The van der Waals surface area contributed by atoms with Crippen LogP contribution in [0, 0.1) is 13.8 Å². The number of para-hydroxylation sites is 6. The van der Waals surface area contributed by atoms with Crippen LogP contribution >= 0.6 is 0 Å². The Labute approximate surface area is 337 Å². The fourth-order valence-corrected chi connectivity index (χ4v) is 9.72. The molecule has 5 heterocycles. The van der Waals surface area contributed by atoms with E-state index in [9.17, 15) is 0 Å². The maximum absolute atomic E-state index is 5.55. The van der Waals surface area contributed by atoms with Crippen LogP contribution in [0.1, 0.15) is 11.1 Å². The molecule has 8 aromatic carbocycles. The summed E-state index contributed by atoms with van der Waals surface area (Å²) in [7, 11) is 0. The van der Waals surface area contributed by atoms with Crippen LogP contribution in [-0.4, -0.2) is 32.5 Å². The van der Waals surface area contributed by atoms with Crippen molar-refractivity contribution >= 4 is 77.5 Å². The monoisotopic (exact) mass is 757 g/mol. The molecule has 0 unspecified atom stereocenters. The lowest BCUT2D eigenvalue weighted by atomic mass is 9.99. The minimum absolute atomic E-state index is 0.888. The van der Waals surface area contributed by atoms with Gasteiger partial charge in [-0.05, 0) is 127 Å². The highest BCUT2D eigenvalue weighted by Gasteiger charge is 2.23. The van der Waals surface area contributed by atoms with Gasteiger partial charge in [-0.2, -0.15) is 0 Å². The van der Waals surface area contributed by atoms with Gasteiger partial charge in [0.25, 0.3) is 0 Å². The van der Waals surface area contributed by atoms with Gasteiger partial charge >= 0.3 is 0 Å². The molecule has 0 fully saturated rings. The molecule has 5 aromatic heterocycles. The van der Waals surface area contributed by atoms with Crippen LogP contribution in [0.2, 0.25) is 0 Å². The standard InChI is InChI=1S/C52H35N7/c1-32-13-12-16-36(29-32)56-44-20-9-11-22-46(44)59-48-31-34(23-27-41(48)53-51(56)59)38-25-24-37(30-33(38)2)57-43-19-8-10-21-45(43)58-47-28-26-40-39-17-6-7-18-42(39)55(35-14-4-3-5-15-35)50(40)49(47)54-52(57)58/h3-31H,1-2H3. The van der Waals surface area contributed by atoms with Crippen molar-refractivity contribution in [1.29, 1.82) is 0 Å². The molecular formula is C52H35N7. The van der Waals surface area contributed by atoms with Crippen LogP contribution in [0.3, 0.4) is 0 Å². The first-order valence-electron chi connectivity index (χ1n) is 20.1. The van der Waals surface area contributed by atoms with Crippen molar-refractivity contribution in [3.8, 4) is 28.2 Å². The van der Waals surface area contributed by atoms with Gasteiger partial charge in [0.2, 0.25) is 11.6 Å². The second kappa shape index (κ2) is 11.8. The average molecular weight is 758 g/mol. The van der Waals surface area contributed by atoms with Crippen LogP contribution in [0.5, 0.6) is 0 Å². The molecule has 59 heavy (non-hydrogen) atoms. The number of benzene rings is 8. The second-order valence-corrected chi connectivity index (χ2v) is 15.7. The van der Waals surface area contributed by atoms with E-state index in [4.69, 9.17) is 9.97 Å². The van der Waals surface area contributed by atoms with E-state index in [1.54, 1.807) is 0 Å². The van der Waals surface area contributed by atoms with Crippen LogP contribution in [-0.2, 0) is 0 Å². The van der Waals surface area contributed by atoms with Crippen molar-refractivity contribution in [2.45, 2.75) is 13.8 Å². The minimum atomic E-state index is 0.888. The van der Waals surface area contributed by atoms with Crippen LogP contribution in [0.15, 0.2) is 176 Å². The summed E-state index contributed by atoms with van der Waals surface area (Å²) in [4.78, 5) is 10.8. The van der Waals surface area contributed by atoms with Crippen molar-refractivity contribution in [3.63, 3.8) is 0 Å². The summed E-state index contributed by atoms with van der Waals surface area (Å²) in [6, 6.07) is 63.1. The molecule has 0 atom stereocenters. The molecule has 0 saturated heterocycles. The van der Waals surface area contributed by atoms with Gasteiger partial charge in [-0.3, -0.25) is 17.9 Å². The topological polar surface area (TPSA) is 49.4 Å². The quantitative estimate of drug-likeness (QED) is 0.179. The van der Waals surface area contributed by atoms with Crippen molar-refractivity contribution in [3.05, 3.63) is 187 Å². The fourth-order valence-electron chi connectivity index (χ4n) is 9.72.